The standard InChI is InChI=1S/C7H14Cl2O3/c1-2-3-4-5-6(8,9)7(10,11)12/h10-12H,2-5H2,1H3. The van der Waals surface area contributed by atoms with Gasteiger partial charge in [0.05, 0.1) is 0 Å². The van der Waals surface area contributed by atoms with Crippen molar-refractivity contribution in [2.75, 3.05) is 0 Å². The minimum Gasteiger partial charge on any atom is -0.341 e. The Morgan fingerprint density at radius 3 is 1.92 bits per heavy atom. The van der Waals surface area contributed by atoms with E-state index in [9.17, 15) is 0 Å². The van der Waals surface area contributed by atoms with E-state index in [1.54, 1.807) is 0 Å². The first-order chi connectivity index (χ1) is 5.31. The van der Waals surface area contributed by atoms with Crippen molar-refractivity contribution in [2.24, 2.45) is 0 Å². The van der Waals surface area contributed by atoms with Gasteiger partial charge in [0, 0.05) is 0 Å². The monoisotopic (exact) mass is 216 g/mol. The van der Waals surface area contributed by atoms with E-state index in [0.29, 0.717) is 6.42 Å². The van der Waals surface area contributed by atoms with Gasteiger partial charge >= 0.3 is 5.97 Å². The fourth-order valence-corrected chi connectivity index (χ4v) is 1.03. The van der Waals surface area contributed by atoms with Crippen LogP contribution in [-0.4, -0.2) is 25.6 Å². The van der Waals surface area contributed by atoms with E-state index in [2.05, 4.69) is 0 Å². The summed E-state index contributed by atoms with van der Waals surface area (Å²) in [5, 5.41) is 26.1. The Labute approximate surface area is 81.9 Å². The van der Waals surface area contributed by atoms with Crippen LogP contribution in [0.25, 0.3) is 0 Å². The molecule has 0 atom stereocenters. The van der Waals surface area contributed by atoms with Gasteiger partial charge in [-0.25, -0.2) is 0 Å². The highest BCUT2D eigenvalue weighted by atomic mass is 35.5. The lowest BCUT2D eigenvalue weighted by atomic mass is 10.1. The summed E-state index contributed by atoms with van der Waals surface area (Å²) in [6.07, 6.45) is 2.65. The molecule has 0 aliphatic rings. The van der Waals surface area contributed by atoms with Crippen molar-refractivity contribution in [3.8, 4) is 0 Å². The second-order valence-corrected chi connectivity index (χ2v) is 4.28. The predicted octanol–water partition coefficient (Wildman–Crippen LogP) is 1.37. The van der Waals surface area contributed by atoms with Crippen LogP contribution in [0.1, 0.15) is 32.6 Å². The number of hydrogen-bond donors (Lipinski definition) is 3. The molecule has 0 fully saturated rings. The summed E-state index contributed by atoms with van der Waals surface area (Å²) in [6, 6.07) is 0. The Balaban J connectivity index is 3.88. The quantitative estimate of drug-likeness (QED) is 0.370. The molecule has 0 aromatic rings. The van der Waals surface area contributed by atoms with Crippen LogP contribution in [0.2, 0.25) is 0 Å². The average molecular weight is 217 g/mol. The second-order valence-electron chi connectivity index (χ2n) is 2.80. The molecule has 0 saturated carbocycles. The predicted molar refractivity (Wildman–Crippen MR) is 48.0 cm³/mol. The van der Waals surface area contributed by atoms with Gasteiger partial charge in [-0.3, -0.25) is 0 Å². The van der Waals surface area contributed by atoms with Gasteiger partial charge in [0.1, 0.15) is 0 Å². The van der Waals surface area contributed by atoms with Crippen molar-refractivity contribution < 1.29 is 15.3 Å². The van der Waals surface area contributed by atoms with E-state index < -0.39 is 10.3 Å². The molecule has 5 heteroatoms. The molecule has 12 heavy (non-hydrogen) atoms. The summed E-state index contributed by atoms with van der Waals surface area (Å²) in [7, 11) is 0. The molecule has 0 aromatic heterocycles. The zero-order valence-corrected chi connectivity index (χ0v) is 8.44. The molecule has 0 bridgehead atoms. The Morgan fingerprint density at radius 1 is 1.08 bits per heavy atom. The minimum atomic E-state index is -3.02. The van der Waals surface area contributed by atoms with Crippen LogP contribution < -0.4 is 0 Å². The van der Waals surface area contributed by atoms with Gasteiger partial charge in [0.15, 0.2) is 4.33 Å². The molecule has 0 rings (SSSR count). The third-order valence-corrected chi connectivity index (χ3v) is 2.47. The van der Waals surface area contributed by atoms with Gasteiger partial charge in [-0.1, -0.05) is 49.4 Å². The summed E-state index contributed by atoms with van der Waals surface area (Å²) in [5.41, 5.74) is 0. The maximum absolute atomic E-state index is 8.69. The number of aliphatic hydroxyl groups is 3. The molecule has 74 valence electrons. The lowest BCUT2D eigenvalue weighted by Crippen LogP contribution is -2.46. The van der Waals surface area contributed by atoms with Gasteiger partial charge in [0.25, 0.3) is 0 Å². The molecule has 3 N–H and O–H groups in total. The van der Waals surface area contributed by atoms with Gasteiger partial charge in [-0.15, -0.1) is 0 Å². The van der Waals surface area contributed by atoms with Crippen molar-refractivity contribution in [2.45, 2.75) is 42.9 Å². The van der Waals surface area contributed by atoms with E-state index in [1.165, 1.54) is 0 Å². The highest BCUT2D eigenvalue weighted by Crippen LogP contribution is 2.35. The highest BCUT2D eigenvalue weighted by Gasteiger charge is 2.45. The van der Waals surface area contributed by atoms with Crippen molar-refractivity contribution in [1.29, 1.82) is 0 Å². The number of hydrogen-bond acceptors (Lipinski definition) is 3. The molecule has 0 heterocycles. The normalized spacial score (nSPS) is 13.5. The molecule has 0 spiro atoms. The van der Waals surface area contributed by atoms with Gasteiger partial charge < -0.3 is 15.3 Å². The van der Waals surface area contributed by atoms with Gasteiger partial charge in [-0.05, 0) is 6.42 Å². The van der Waals surface area contributed by atoms with Crippen molar-refractivity contribution in [3.05, 3.63) is 0 Å². The topological polar surface area (TPSA) is 60.7 Å². The van der Waals surface area contributed by atoms with Crippen LogP contribution in [0.4, 0.5) is 0 Å². The molecule has 0 amide bonds. The van der Waals surface area contributed by atoms with Crippen LogP contribution >= 0.6 is 23.2 Å². The lowest BCUT2D eigenvalue weighted by Gasteiger charge is -2.28. The largest absolute Gasteiger partial charge is 0.341 e. The van der Waals surface area contributed by atoms with Crippen LogP contribution in [0.3, 0.4) is 0 Å². The Bertz CT molecular complexity index is 131. The molecule has 0 radical (unpaired) electrons. The number of halogens is 2. The molecule has 0 aromatic carbocycles. The summed E-state index contributed by atoms with van der Waals surface area (Å²) < 4.78 is -1.90. The number of unbranched alkanes of at least 4 members (excludes halogenated alkanes) is 2. The van der Waals surface area contributed by atoms with E-state index in [-0.39, 0.29) is 6.42 Å². The van der Waals surface area contributed by atoms with E-state index in [0.717, 1.165) is 12.8 Å². The van der Waals surface area contributed by atoms with E-state index in [4.69, 9.17) is 38.5 Å². The molecule has 0 aliphatic carbocycles. The highest BCUT2D eigenvalue weighted by molar-refractivity contribution is 6.49. The second kappa shape index (κ2) is 4.63. The Hall–Kier alpha value is 0.460. The fraction of sp³-hybridized carbons (Fsp3) is 1.00. The van der Waals surface area contributed by atoms with Crippen molar-refractivity contribution in [1.82, 2.24) is 0 Å². The molecular weight excluding hydrogens is 203 g/mol. The average Bonchev–Trinajstić information content (AvgIpc) is 1.85. The Kier molecular flexibility index (Phi) is 4.81. The third-order valence-electron chi connectivity index (χ3n) is 1.59. The summed E-state index contributed by atoms with van der Waals surface area (Å²) in [4.78, 5) is 0. The summed E-state index contributed by atoms with van der Waals surface area (Å²) in [6.45, 7) is 1.99. The molecular formula is C7H14Cl2O3. The van der Waals surface area contributed by atoms with Crippen molar-refractivity contribution in [3.63, 3.8) is 0 Å². The zero-order chi connectivity index (χ0) is 9.83. The maximum atomic E-state index is 8.69. The first kappa shape index (κ1) is 12.5. The van der Waals surface area contributed by atoms with Crippen LogP contribution in [0, 0.1) is 0 Å². The SMILES string of the molecule is CCCCCC(Cl)(Cl)C(O)(O)O. The maximum Gasteiger partial charge on any atom is 0.310 e. The molecule has 0 saturated heterocycles. The molecule has 3 nitrogen and oxygen atoms in total. The third kappa shape index (κ3) is 3.92. The van der Waals surface area contributed by atoms with E-state index >= 15 is 0 Å². The first-order valence-corrected chi connectivity index (χ1v) is 4.62. The summed E-state index contributed by atoms with van der Waals surface area (Å²) >= 11 is 10.9. The minimum absolute atomic E-state index is 0.146. The van der Waals surface area contributed by atoms with Gasteiger partial charge in [0.2, 0.25) is 0 Å². The lowest BCUT2D eigenvalue weighted by molar-refractivity contribution is -0.320. The summed E-state index contributed by atoms with van der Waals surface area (Å²) in [5.74, 6) is -3.02. The smallest absolute Gasteiger partial charge is 0.310 e. The number of alkyl halides is 2. The fourth-order valence-electron chi connectivity index (χ4n) is 0.765. The van der Waals surface area contributed by atoms with E-state index in [1.807, 2.05) is 6.92 Å². The number of rotatable bonds is 5. The molecule has 0 aliphatic heterocycles. The first-order valence-electron chi connectivity index (χ1n) is 3.86. The van der Waals surface area contributed by atoms with Gasteiger partial charge in [-0.2, -0.15) is 0 Å². The van der Waals surface area contributed by atoms with Crippen LogP contribution in [-0.2, 0) is 0 Å². The van der Waals surface area contributed by atoms with Crippen molar-refractivity contribution >= 4 is 23.2 Å². The Morgan fingerprint density at radius 2 is 1.58 bits per heavy atom. The van der Waals surface area contributed by atoms with Crippen LogP contribution in [0.15, 0.2) is 0 Å². The van der Waals surface area contributed by atoms with Crippen LogP contribution in [0.5, 0.6) is 0 Å². The zero-order valence-electron chi connectivity index (χ0n) is 6.93. The molecule has 0 unspecified atom stereocenters.